The van der Waals surface area contributed by atoms with E-state index in [1.54, 1.807) is 13.0 Å². The fourth-order valence-corrected chi connectivity index (χ4v) is 2.95. The van der Waals surface area contributed by atoms with E-state index in [4.69, 9.17) is 0 Å². The number of rotatable bonds is 5. The van der Waals surface area contributed by atoms with Crippen molar-refractivity contribution in [2.24, 2.45) is 0 Å². The van der Waals surface area contributed by atoms with Crippen LogP contribution < -0.4 is 5.32 Å². The summed E-state index contributed by atoms with van der Waals surface area (Å²) in [4.78, 5) is 29.0. The van der Waals surface area contributed by atoms with Gasteiger partial charge in [0.2, 0.25) is 5.91 Å². The number of hydrogen-bond donors (Lipinski definition) is 1. The standard InChI is InChI=1S/C18H20N4O3/c1-12-3-5-14(6-4-12)11-21-10-9-15(18(21)23)20-17-8-7-16(22(24)25)13(2)19-17/h3-8,15H,9-11H2,1-2H3,(H,19,20). The van der Waals surface area contributed by atoms with Crippen molar-refractivity contribution in [3.63, 3.8) is 0 Å². The van der Waals surface area contributed by atoms with Crippen LogP contribution in [-0.2, 0) is 11.3 Å². The van der Waals surface area contributed by atoms with Crippen LogP contribution in [-0.4, -0.2) is 33.3 Å². The molecule has 1 N–H and O–H groups in total. The van der Waals surface area contributed by atoms with E-state index < -0.39 is 4.92 Å². The van der Waals surface area contributed by atoms with Crippen LogP contribution in [0.15, 0.2) is 36.4 Å². The normalized spacial score (nSPS) is 17.0. The van der Waals surface area contributed by atoms with Gasteiger partial charge in [0.1, 0.15) is 17.6 Å². The van der Waals surface area contributed by atoms with Crippen molar-refractivity contribution in [3.05, 3.63) is 63.3 Å². The molecule has 1 fully saturated rings. The maximum Gasteiger partial charge on any atom is 0.290 e. The first-order valence-corrected chi connectivity index (χ1v) is 8.17. The van der Waals surface area contributed by atoms with Crippen LogP contribution in [0.25, 0.3) is 0 Å². The molecule has 1 amide bonds. The summed E-state index contributed by atoms with van der Waals surface area (Å²) in [6, 6.07) is 10.7. The Bertz CT molecular complexity index is 804. The van der Waals surface area contributed by atoms with E-state index in [1.807, 2.05) is 36.1 Å². The molecule has 1 aromatic heterocycles. The van der Waals surface area contributed by atoms with Crippen molar-refractivity contribution >= 4 is 17.4 Å². The zero-order chi connectivity index (χ0) is 18.0. The van der Waals surface area contributed by atoms with E-state index in [0.29, 0.717) is 31.0 Å². The van der Waals surface area contributed by atoms with Gasteiger partial charge < -0.3 is 10.2 Å². The largest absolute Gasteiger partial charge is 0.358 e. The maximum absolute atomic E-state index is 12.6. The number of hydrogen-bond acceptors (Lipinski definition) is 5. The molecular formula is C18H20N4O3. The molecule has 7 nitrogen and oxygen atoms in total. The summed E-state index contributed by atoms with van der Waals surface area (Å²) in [6.07, 6.45) is 0.683. The Hall–Kier alpha value is -2.96. The first-order chi connectivity index (χ1) is 11.9. The van der Waals surface area contributed by atoms with Crippen LogP contribution in [0.4, 0.5) is 11.5 Å². The first-order valence-electron chi connectivity index (χ1n) is 8.17. The predicted molar refractivity (Wildman–Crippen MR) is 94.3 cm³/mol. The molecule has 1 atom stereocenters. The summed E-state index contributed by atoms with van der Waals surface area (Å²) < 4.78 is 0. The van der Waals surface area contributed by atoms with Gasteiger partial charge in [-0.3, -0.25) is 14.9 Å². The number of benzene rings is 1. The molecule has 0 saturated carbocycles. The van der Waals surface area contributed by atoms with Crippen molar-refractivity contribution in [1.82, 2.24) is 9.88 Å². The van der Waals surface area contributed by atoms with Gasteiger partial charge in [-0.25, -0.2) is 4.98 Å². The number of anilines is 1. The molecule has 2 aromatic rings. The Morgan fingerprint density at radius 1 is 1.24 bits per heavy atom. The Kier molecular flexibility index (Phi) is 4.65. The molecule has 0 spiro atoms. The number of amides is 1. The third kappa shape index (κ3) is 3.76. The molecule has 1 unspecified atom stereocenters. The summed E-state index contributed by atoms with van der Waals surface area (Å²) in [7, 11) is 0. The van der Waals surface area contributed by atoms with E-state index >= 15 is 0 Å². The highest BCUT2D eigenvalue weighted by molar-refractivity contribution is 5.86. The molecule has 0 bridgehead atoms. The lowest BCUT2D eigenvalue weighted by atomic mass is 10.1. The molecule has 0 aliphatic carbocycles. The number of carbonyl (C=O) groups excluding carboxylic acids is 1. The molecule has 25 heavy (non-hydrogen) atoms. The fraction of sp³-hybridized carbons (Fsp3) is 0.333. The van der Waals surface area contributed by atoms with Gasteiger partial charge in [-0.15, -0.1) is 0 Å². The Balaban J connectivity index is 1.65. The van der Waals surface area contributed by atoms with Crippen LogP contribution in [0, 0.1) is 24.0 Å². The minimum absolute atomic E-state index is 0.0238. The Morgan fingerprint density at radius 3 is 2.60 bits per heavy atom. The number of nitrogens with one attached hydrogen (secondary N) is 1. The molecule has 2 heterocycles. The van der Waals surface area contributed by atoms with Crippen molar-refractivity contribution in [1.29, 1.82) is 0 Å². The number of nitro groups is 1. The van der Waals surface area contributed by atoms with Crippen molar-refractivity contribution in [3.8, 4) is 0 Å². The molecule has 0 radical (unpaired) electrons. The zero-order valence-electron chi connectivity index (χ0n) is 14.2. The third-order valence-electron chi connectivity index (χ3n) is 4.37. The second-order valence-electron chi connectivity index (χ2n) is 6.29. The lowest BCUT2D eigenvalue weighted by Gasteiger charge is -2.17. The summed E-state index contributed by atoms with van der Waals surface area (Å²) in [5.41, 5.74) is 2.60. The Labute approximate surface area is 145 Å². The van der Waals surface area contributed by atoms with E-state index in [-0.39, 0.29) is 17.6 Å². The second kappa shape index (κ2) is 6.88. The number of aromatic nitrogens is 1. The molecule has 130 valence electrons. The maximum atomic E-state index is 12.6. The number of carbonyl (C=O) groups is 1. The highest BCUT2D eigenvalue weighted by Gasteiger charge is 2.31. The van der Waals surface area contributed by atoms with Gasteiger partial charge in [-0.05, 0) is 31.9 Å². The van der Waals surface area contributed by atoms with Gasteiger partial charge in [0.25, 0.3) is 5.69 Å². The topological polar surface area (TPSA) is 88.4 Å². The van der Waals surface area contributed by atoms with Gasteiger partial charge in [0.05, 0.1) is 4.92 Å². The highest BCUT2D eigenvalue weighted by Crippen LogP contribution is 2.22. The molecule has 7 heteroatoms. The third-order valence-corrected chi connectivity index (χ3v) is 4.37. The predicted octanol–water partition coefficient (Wildman–Crippen LogP) is 2.82. The number of pyridine rings is 1. The molecular weight excluding hydrogens is 320 g/mol. The van der Waals surface area contributed by atoms with Crippen molar-refractivity contribution < 1.29 is 9.72 Å². The van der Waals surface area contributed by atoms with E-state index in [9.17, 15) is 14.9 Å². The summed E-state index contributed by atoms with van der Waals surface area (Å²) in [5, 5.41) is 13.9. The first kappa shape index (κ1) is 16.9. The van der Waals surface area contributed by atoms with Gasteiger partial charge in [-0.2, -0.15) is 0 Å². The number of nitrogens with zero attached hydrogens (tertiary/aromatic N) is 3. The SMILES string of the molecule is Cc1ccc(CN2CCC(Nc3ccc([N+](=O)[O-])c(C)n3)C2=O)cc1. The summed E-state index contributed by atoms with van der Waals surface area (Å²) >= 11 is 0. The van der Waals surface area contributed by atoms with Crippen LogP contribution in [0.3, 0.4) is 0 Å². The average molecular weight is 340 g/mol. The second-order valence-corrected chi connectivity index (χ2v) is 6.29. The van der Waals surface area contributed by atoms with Gasteiger partial charge in [-0.1, -0.05) is 29.8 Å². The molecule has 1 aromatic carbocycles. The minimum atomic E-state index is -0.462. The lowest BCUT2D eigenvalue weighted by Crippen LogP contribution is -2.33. The minimum Gasteiger partial charge on any atom is -0.358 e. The van der Waals surface area contributed by atoms with Crippen molar-refractivity contribution in [2.75, 3.05) is 11.9 Å². The van der Waals surface area contributed by atoms with Crippen molar-refractivity contribution in [2.45, 2.75) is 32.9 Å². The van der Waals surface area contributed by atoms with Gasteiger partial charge in [0.15, 0.2) is 0 Å². The quantitative estimate of drug-likeness (QED) is 0.668. The van der Waals surface area contributed by atoms with Gasteiger partial charge in [0, 0.05) is 19.2 Å². The van der Waals surface area contributed by atoms with E-state index in [2.05, 4.69) is 10.3 Å². The number of likely N-dealkylation sites (tertiary alicyclic amines) is 1. The van der Waals surface area contributed by atoms with Crippen LogP contribution >= 0.6 is 0 Å². The van der Waals surface area contributed by atoms with E-state index in [1.165, 1.54) is 11.6 Å². The van der Waals surface area contributed by atoms with Crippen LogP contribution in [0.5, 0.6) is 0 Å². The highest BCUT2D eigenvalue weighted by atomic mass is 16.6. The smallest absolute Gasteiger partial charge is 0.290 e. The number of aryl methyl sites for hydroxylation is 2. The zero-order valence-corrected chi connectivity index (χ0v) is 14.2. The summed E-state index contributed by atoms with van der Waals surface area (Å²) in [6.45, 7) is 4.88. The fourth-order valence-electron chi connectivity index (χ4n) is 2.95. The molecule has 1 saturated heterocycles. The molecule has 1 aliphatic rings. The lowest BCUT2D eigenvalue weighted by molar-refractivity contribution is -0.385. The van der Waals surface area contributed by atoms with Gasteiger partial charge >= 0.3 is 0 Å². The van der Waals surface area contributed by atoms with Crippen LogP contribution in [0.1, 0.15) is 23.2 Å². The molecule has 3 rings (SSSR count). The average Bonchev–Trinajstić information content (AvgIpc) is 2.90. The van der Waals surface area contributed by atoms with Crippen LogP contribution in [0.2, 0.25) is 0 Å². The monoisotopic (exact) mass is 340 g/mol. The molecule has 1 aliphatic heterocycles. The summed E-state index contributed by atoms with van der Waals surface area (Å²) in [5.74, 6) is 0.511. The Morgan fingerprint density at radius 2 is 1.96 bits per heavy atom. The van der Waals surface area contributed by atoms with E-state index in [0.717, 1.165) is 5.56 Å².